The molecule has 0 aromatic heterocycles. The van der Waals surface area contributed by atoms with E-state index in [1.165, 1.54) is 0 Å². The molecule has 1 heterocycles. The third kappa shape index (κ3) is 13.2. The van der Waals surface area contributed by atoms with Gasteiger partial charge in [0.1, 0.15) is 6.04 Å². The van der Waals surface area contributed by atoms with Crippen molar-refractivity contribution in [3.63, 3.8) is 0 Å². The Labute approximate surface area is 281 Å². The fourth-order valence-corrected chi connectivity index (χ4v) is 5.78. The first-order valence-corrected chi connectivity index (χ1v) is 16.5. The number of benzene rings is 2. The SMILES string of the molecule is CC(C)C[C@@H](NC[C@H](N)Cc1ccccc1)C(=O)N[C@H](CCCCN)C(=O)N1CCC(N(C)C(=O)C=Cc2ccccc2)CC1.Cl. The van der Waals surface area contributed by atoms with Gasteiger partial charge in [-0.1, -0.05) is 74.5 Å². The van der Waals surface area contributed by atoms with Crippen LogP contribution in [-0.2, 0) is 20.8 Å². The van der Waals surface area contributed by atoms with Crippen LogP contribution < -0.4 is 22.1 Å². The van der Waals surface area contributed by atoms with Gasteiger partial charge in [0.05, 0.1) is 6.04 Å². The Hall–Kier alpha value is -3.24. The van der Waals surface area contributed by atoms with E-state index in [1.54, 1.807) is 11.0 Å². The van der Waals surface area contributed by atoms with Crippen LogP contribution >= 0.6 is 12.4 Å². The molecule has 6 N–H and O–H groups in total. The molecular formula is C36H55ClN6O3. The Bertz CT molecular complexity index is 1200. The average Bonchev–Trinajstić information content (AvgIpc) is 3.05. The van der Waals surface area contributed by atoms with E-state index >= 15 is 0 Å². The normalized spacial score (nSPS) is 15.7. The third-order valence-electron chi connectivity index (χ3n) is 8.44. The number of carbonyl (C=O) groups is 3. The number of piperidine rings is 1. The molecule has 3 atom stereocenters. The molecule has 3 rings (SSSR count). The molecule has 254 valence electrons. The number of likely N-dealkylation sites (N-methyl/N-ethyl adjacent to an activating group) is 1. The van der Waals surface area contributed by atoms with E-state index in [4.69, 9.17) is 11.5 Å². The maximum Gasteiger partial charge on any atom is 0.246 e. The number of likely N-dealkylation sites (tertiary alicyclic amines) is 1. The maximum atomic E-state index is 13.8. The van der Waals surface area contributed by atoms with Crippen molar-refractivity contribution in [1.82, 2.24) is 20.4 Å². The molecule has 9 nitrogen and oxygen atoms in total. The highest BCUT2D eigenvalue weighted by Gasteiger charge is 2.32. The highest BCUT2D eigenvalue weighted by Crippen LogP contribution is 2.18. The first-order chi connectivity index (χ1) is 21.7. The highest BCUT2D eigenvalue weighted by molar-refractivity contribution is 5.92. The summed E-state index contributed by atoms with van der Waals surface area (Å²) in [7, 11) is 1.82. The average molecular weight is 655 g/mol. The number of amides is 3. The molecular weight excluding hydrogens is 600 g/mol. The number of halogens is 1. The number of rotatable bonds is 17. The van der Waals surface area contributed by atoms with Crippen LogP contribution in [0.15, 0.2) is 66.7 Å². The van der Waals surface area contributed by atoms with Gasteiger partial charge >= 0.3 is 0 Å². The first kappa shape index (κ1) is 38.9. The van der Waals surface area contributed by atoms with Crippen LogP contribution in [0.3, 0.4) is 0 Å². The van der Waals surface area contributed by atoms with Gasteiger partial charge in [-0.15, -0.1) is 12.4 Å². The number of hydrogen-bond acceptors (Lipinski definition) is 6. The van der Waals surface area contributed by atoms with E-state index in [0.29, 0.717) is 58.3 Å². The van der Waals surface area contributed by atoms with Gasteiger partial charge in [0.15, 0.2) is 0 Å². The van der Waals surface area contributed by atoms with Crippen LogP contribution in [-0.4, -0.2) is 84.9 Å². The Balaban J connectivity index is 0.00000736. The summed E-state index contributed by atoms with van der Waals surface area (Å²) in [5.41, 5.74) is 14.3. The zero-order valence-electron chi connectivity index (χ0n) is 27.8. The monoisotopic (exact) mass is 654 g/mol. The van der Waals surface area contributed by atoms with Crippen molar-refractivity contribution >= 4 is 36.2 Å². The maximum absolute atomic E-state index is 13.8. The van der Waals surface area contributed by atoms with E-state index < -0.39 is 12.1 Å². The number of nitrogens with two attached hydrogens (primary N) is 2. The van der Waals surface area contributed by atoms with Crippen molar-refractivity contribution in [3.05, 3.63) is 77.9 Å². The van der Waals surface area contributed by atoms with E-state index in [9.17, 15) is 14.4 Å². The molecule has 46 heavy (non-hydrogen) atoms. The predicted octanol–water partition coefficient (Wildman–Crippen LogP) is 3.76. The molecule has 0 aliphatic carbocycles. The third-order valence-corrected chi connectivity index (χ3v) is 8.44. The summed E-state index contributed by atoms with van der Waals surface area (Å²) in [5, 5.41) is 6.48. The predicted molar refractivity (Wildman–Crippen MR) is 189 cm³/mol. The topological polar surface area (TPSA) is 134 Å². The lowest BCUT2D eigenvalue weighted by atomic mass is 9.99. The minimum atomic E-state index is -0.622. The molecule has 0 unspecified atom stereocenters. The van der Waals surface area contributed by atoms with Gasteiger partial charge in [0, 0.05) is 44.8 Å². The van der Waals surface area contributed by atoms with Crippen LogP contribution in [0.5, 0.6) is 0 Å². The molecule has 0 radical (unpaired) electrons. The summed E-state index contributed by atoms with van der Waals surface area (Å²) in [6.45, 7) is 6.27. The summed E-state index contributed by atoms with van der Waals surface area (Å²) in [6.07, 6.45) is 8.22. The second-order valence-corrected chi connectivity index (χ2v) is 12.6. The second-order valence-electron chi connectivity index (χ2n) is 12.6. The van der Waals surface area contributed by atoms with Crippen molar-refractivity contribution in [3.8, 4) is 0 Å². The standard InChI is InChI=1S/C36H54N6O3.ClH/c1-27(2)24-33(39-26-30(38)25-29-14-8-5-9-15-29)35(44)40-32(16-10-11-21-37)36(45)42-22-19-31(20-23-42)41(3)34(43)18-17-28-12-6-4-7-13-28;/h4-9,12-15,17-18,27,30-33,39H,10-11,16,19-26,37-38H2,1-3H3,(H,40,44);1H/t30-,32-,33-;/m1./s1. The fraction of sp³-hybridized carbons (Fsp3) is 0.528. The van der Waals surface area contributed by atoms with Crippen molar-refractivity contribution in [2.45, 2.75) is 83.0 Å². The molecule has 0 bridgehead atoms. The number of hydrogen-bond donors (Lipinski definition) is 4. The van der Waals surface area contributed by atoms with Gasteiger partial charge in [-0.25, -0.2) is 0 Å². The molecule has 0 spiro atoms. The van der Waals surface area contributed by atoms with Crippen molar-refractivity contribution < 1.29 is 14.4 Å². The Morgan fingerprint density at radius 1 is 0.978 bits per heavy atom. The molecule has 1 fully saturated rings. The van der Waals surface area contributed by atoms with Gasteiger partial charge in [0.2, 0.25) is 17.7 Å². The Morgan fingerprint density at radius 3 is 2.22 bits per heavy atom. The van der Waals surface area contributed by atoms with Crippen LogP contribution in [0, 0.1) is 5.92 Å². The lowest BCUT2D eigenvalue weighted by Gasteiger charge is -2.38. The number of nitrogens with zero attached hydrogens (tertiary/aromatic N) is 2. The molecule has 1 aliphatic rings. The summed E-state index contributed by atoms with van der Waals surface area (Å²) in [6, 6.07) is 18.7. The molecule has 2 aromatic carbocycles. The number of nitrogens with one attached hydrogen (secondary N) is 2. The van der Waals surface area contributed by atoms with Gasteiger partial charge in [-0.3, -0.25) is 14.4 Å². The Morgan fingerprint density at radius 2 is 1.61 bits per heavy atom. The lowest BCUT2D eigenvalue weighted by molar-refractivity contribution is -0.139. The molecule has 3 amide bonds. The summed E-state index contributed by atoms with van der Waals surface area (Å²) >= 11 is 0. The zero-order chi connectivity index (χ0) is 32.6. The quantitative estimate of drug-likeness (QED) is 0.152. The number of unbranched alkanes of at least 4 members (excludes halogenated alkanes) is 1. The molecule has 1 saturated heterocycles. The van der Waals surface area contributed by atoms with Crippen LogP contribution in [0.1, 0.15) is 63.5 Å². The van der Waals surface area contributed by atoms with E-state index in [2.05, 4.69) is 36.6 Å². The highest BCUT2D eigenvalue weighted by atomic mass is 35.5. The lowest BCUT2D eigenvalue weighted by Crippen LogP contribution is -2.56. The van der Waals surface area contributed by atoms with Crippen molar-refractivity contribution in [2.24, 2.45) is 17.4 Å². The molecule has 1 aliphatic heterocycles. The number of carbonyl (C=O) groups excluding carboxylic acids is 3. The van der Waals surface area contributed by atoms with Gasteiger partial charge in [-0.05, 0) is 74.6 Å². The van der Waals surface area contributed by atoms with Crippen molar-refractivity contribution in [1.29, 1.82) is 0 Å². The van der Waals surface area contributed by atoms with Crippen LogP contribution in [0.25, 0.3) is 6.08 Å². The van der Waals surface area contributed by atoms with Gasteiger partial charge < -0.3 is 31.9 Å². The second kappa shape index (κ2) is 20.8. The van der Waals surface area contributed by atoms with Gasteiger partial charge in [0.25, 0.3) is 0 Å². The van der Waals surface area contributed by atoms with E-state index in [0.717, 1.165) is 24.0 Å². The molecule has 2 aromatic rings. The largest absolute Gasteiger partial charge is 0.343 e. The van der Waals surface area contributed by atoms with Crippen LogP contribution in [0.4, 0.5) is 0 Å². The minimum absolute atomic E-state index is 0. The van der Waals surface area contributed by atoms with Crippen LogP contribution in [0.2, 0.25) is 0 Å². The van der Waals surface area contributed by atoms with Gasteiger partial charge in [-0.2, -0.15) is 0 Å². The zero-order valence-corrected chi connectivity index (χ0v) is 28.6. The molecule has 0 saturated carbocycles. The minimum Gasteiger partial charge on any atom is -0.343 e. The smallest absolute Gasteiger partial charge is 0.246 e. The summed E-state index contributed by atoms with van der Waals surface area (Å²) in [5.74, 6) is -0.0121. The van der Waals surface area contributed by atoms with Crippen molar-refractivity contribution in [2.75, 3.05) is 33.2 Å². The molecule has 10 heteroatoms. The first-order valence-electron chi connectivity index (χ1n) is 16.5. The van der Waals surface area contributed by atoms with E-state index in [1.807, 2.05) is 66.6 Å². The Kier molecular flexibility index (Phi) is 17.6. The summed E-state index contributed by atoms with van der Waals surface area (Å²) in [4.78, 5) is 43.8. The summed E-state index contributed by atoms with van der Waals surface area (Å²) < 4.78 is 0. The van der Waals surface area contributed by atoms with E-state index in [-0.39, 0.29) is 48.1 Å². The fourth-order valence-electron chi connectivity index (χ4n) is 5.78.